The van der Waals surface area contributed by atoms with Crippen molar-refractivity contribution in [3.8, 4) is 0 Å². The zero-order chi connectivity index (χ0) is 23.1. The van der Waals surface area contributed by atoms with Gasteiger partial charge in [-0.2, -0.15) is 5.48 Å². The lowest BCUT2D eigenvalue weighted by Crippen LogP contribution is -2.44. The van der Waals surface area contributed by atoms with Crippen LogP contribution >= 0.6 is 0 Å². The van der Waals surface area contributed by atoms with Gasteiger partial charge in [0.15, 0.2) is 0 Å². The van der Waals surface area contributed by atoms with Crippen molar-refractivity contribution < 1.29 is 33.4 Å². The molecule has 0 unspecified atom stereocenters. The molecule has 31 heavy (non-hydrogen) atoms. The highest BCUT2D eigenvalue weighted by Gasteiger charge is 2.36. The van der Waals surface area contributed by atoms with Gasteiger partial charge in [-0.3, -0.25) is 0 Å². The van der Waals surface area contributed by atoms with Gasteiger partial charge < -0.3 is 24.8 Å². The Hall–Kier alpha value is -3.27. The smallest absolute Gasteiger partial charge is 0.330 e. The van der Waals surface area contributed by atoms with Crippen molar-refractivity contribution in [2.75, 3.05) is 26.4 Å². The van der Waals surface area contributed by atoms with Crippen molar-refractivity contribution in [3.63, 3.8) is 0 Å². The molecule has 1 rings (SSSR count). The first-order valence-electron chi connectivity index (χ1n) is 9.38. The van der Waals surface area contributed by atoms with Crippen molar-refractivity contribution in [1.29, 1.82) is 0 Å². The molecule has 0 radical (unpaired) electrons. The minimum atomic E-state index is -1.19. The van der Waals surface area contributed by atoms with E-state index >= 15 is 0 Å². The standard InChI is InChI=1S/C22H28N2O7/c1-4-19(25)28-13-22(14-29-20(26)5-2,15-30-21(27)6-3)16-31-24-12-18-9-7-8-17(10-18)11-23/h4-10,24H,1-3,11-16,23H2. The van der Waals surface area contributed by atoms with Crippen LogP contribution in [0.3, 0.4) is 0 Å². The lowest BCUT2D eigenvalue weighted by molar-refractivity contribution is -0.164. The second-order valence-corrected chi connectivity index (χ2v) is 6.57. The van der Waals surface area contributed by atoms with Crippen molar-refractivity contribution in [1.82, 2.24) is 5.48 Å². The summed E-state index contributed by atoms with van der Waals surface area (Å²) in [5.41, 5.74) is 9.14. The van der Waals surface area contributed by atoms with Gasteiger partial charge in [-0.15, -0.1) is 0 Å². The first-order valence-corrected chi connectivity index (χ1v) is 9.38. The van der Waals surface area contributed by atoms with E-state index in [4.69, 9.17) is 24.8 Å². The summed E-state index contributed by atoms with van der Waals surface area (Å²) in [5.74, 6) is -2.08. The number of esters is 3. The number of nitrogens with two attached hydrogens (primary N) is 1. The van der Waals surface area contributed by atoms with Gasteiger partial charge in [0.25, 0.3) is 0 Å². The minimum Gasteiger partial charge on any atom is -0.462 e. The first-order chi connectivity index (χ1) is 14.9. The molecule has 0 aromatic heterocycles. The lowest BCUT2D eigenvalue weighted by Gasteiger charge is -2.31. The molecule has 1 aromatic rings. The maximum Gasteiger partial charge on any atom is 0.330 e. The highest BCUT2D eigenvalue weighted by molar-refractivity contribution is 5.82. The molecular weight excluding hydrogens is 404 g/mol. The van der Waals surface area contributed by atoms with Crippen molar-refractivity contribution in [3.05, 3.63) is 73.4 Å². The fourth-order valence-electron chi connectivity index (χ4n) is 2.30. The first kappa shape index (κ1) is 25.8. The van der Waals surface area contributed by atoms with Crippen LogP contribution in [0.1, 0.15) is 11.1 Å². The molecule has 168 valence electrons. The van der Waals surface area contributed by atoms with E-state index in [1.807, 2.05) is 24.3 Å². The Labute approximate surface area is 181 Å². The Morgan fingerprint density at radius 2 is 1.35 bits per heavy atom. The van der Waals surface area contributed by atoms with Gasteiger partial charge in [-0.05, 0) is 11.1 Å². The quantitative estimate of drug-likeness (QED) is 0.139. The number of rotatable bonds is 15. The summed E-state index contributed by atoms with van der Waals surface area (Å²) in [4.78, 5) is 40.2. The summed E-state index contributed by atoms with van der Waals surface area (Å²) >= 11 is 0. The number of ether oxygens (including phenoxy) is 3. The zero-order valence-corrected chi connectivity index (χ0v) is 17.3. The minimum absolute atomic E-state index is 0.122. The molecule has 0 heterocycles. The van der Waals surface area contributed by atoms with Crippen LogP contribution in [0.25, 0.3) is 0 Å². The van der Waals surface area contributed by atoms with E-state index < -0.39 is 23.3 Å². The Balaban J connectivity index is 2.87. The van der Waals surface area contributed by atoms with Crippen molar-refractivity contribution in [2.45, 2.75) is 13.1 Å². The third-order valence-corrected chi connectivity index (χ3v) is 4.05. The van der Waals surface area contributed by atoms with Crippen molar-refractivity contribution in [2.24, 2.45) is 11.1 Å². The van der Waals surface area contributed by atoms with Crippen LogP contribution in [0.2, 0.25) is 0 Å². The summed E-state index contributed by atoms with van der Waals surface area (Å²) in [7, 11) is 0. The molecule has 0 atom stereocenters. The molecule has 0 saturated carbocycles. The molecule has 3 N–H and O–H groups in total. The van der Waals surface area contributed by atoms with Gasteiger partial charge >= 0.3 is 17.9 Å². The van der Waals surface area contributed by atoms with Crippen LogP contribution in [0, 0.1) is 5.41 Å². The maximum atomic E-state index is 11.6. The third-order valence-electron chi connectivity index (χ3n) is 4.05. The number of carbonyl (C=O) groups excluding carboxylic acids is 3. The fraction of sp³-hybridized carbons (Fsp3) is 0.318. The summed E-state index contributed by atoms with van der Waals surface area (Å²) in [6.07, 6.45) is 2.96. The predicted molar refractivity (Wildman–Crippen MR) is 113 cm³/mol. The number of hydrogen-bond donors (Lipinski definition) is 2. The second kappa shape index (κ2) is 13.9. The molecule has 9 nitrogen and oxygen atoms in total. The van der Waals surface area contributed by atoms with Gasteiger partial charge in [-0.1, -0.05) is 44.0 Å². The van der Waals surface area contributed by atoms with Gasteiger partial charge in [0, 0.05) is 31.3 Å². The number of nitrogens with one attached hydrogen (secondary N) is 1. The van der Waals surface area contributed by atoms with E-state index in [1.54, 1.807) is 0 Å². The predicted octanol–water partition coefficient (Wildman–Crippen LogP) is 1.34. The highest BCUT2D eigenvalue weighted by atomic mass is 16.6. The highest BCUT2D eigenvalue weighted by Crippen LogP contribution is 2.21. The molecule has 0 spiro atoms. The largest absolute Gasteiger partial charge is 0.462 e. The summed E-state index contributed by atoms with van der Waals surface area (Å²) in [6.45, 7) is 9.85. The van der Waals surface area contributed by atoms with E-state index in [0.29, 0.717) is 13.1 Å². The van der Waals surface area contributed by atoms with Crippen LogP contribution in [0.4, 0.5) is 0 Å². The average molecular weight is 432 g/mol. The molecule has 1 aromatic carbocycles. The van der Waals surface area contributed by atoms with Crippen LogP contribution in [-0.2, 0) is 46.5 Å². The Morgan fingerprint density at radius 1 is 0.871 bits per heavy atom. The van der Waals surface area contributed by atoms with E-state index in [1.165, 1.54) is 0 Å². The monoisotopic (exact) mass is 432 g/mol. The van der Waals surface area contributed by atoms with E-state index in [2.05, 4.69) is 25.2 Å². The van der Waals surface area contributed by atoms with Gasteiger partial charge in [0.2, 0.25) is 0 Å². The number of benzene rings is 1. The van der Waals surface area contributed by atoms with Crippen LogP contribution in [-0.4, -0.2) is 44.3 Å². The average Bonchev–Trinajstić information content (AvgIpc) is 2.81. The van der Waals surface area contributed by atoms with Crippen LogP contribution < -0.4 is 11.2 Å². The molecular formula is C22H28N2O7. The summed E-state index contributed by atoms with van der Waals surface area (Å²) < 4.78 is 15.4. The summed E-state index contributed by atoms with van der Waals surface area (Å²) in [5, 5.41) is 0. The molecule has 0 aliphatic heterocycles. The van der Waals surface area contributed by atoms with Crippen LogP contribution in [0.5, 0.6) is 0 Å². The molecule has 0 amide bonds. The van der Waals surface area contributed by atoms with Crippen molar-refractivity contribution >= 4 is 17.9 Å². The molecule has 0 fully saturated rings. The second-order valence-electron chi connectivity index (χ2n) is 6.57. The number of hydroxylamine groups is 1. The Morgan fingerprint density at radius 3 is 1.81 bits per heavy atom. The zero-order valence-electron chi connectivity index (χ0n) is 17.3. The molecule has 0 aliphatic rings. The molecule has 9 heteroatoms. The normalized spacial score (nSPS) is 10.6. The van der Waals surface area contributed by atoms with Gasteiger partial charge in [0.1, 0.15) is 19.8 Å². The fourth-order valence-corrected chi connectivity index (χ4v) is 2.30. The van der Waals surface area contributed by atoms with Gasteiger partial charge in [0.05, 0.1) is 12.0 Å². The topological polar surface area (TPSA) is 126 Å². The SMILES string of the molecule is C=CC(=O)OCC(CONCc1cccc(CN)c1)(COC(=O)C=C)COC(=O)C=C. The number of carbonyl (C=O) groups is 3. The maximum absolute atomic E-state index is 11.6. The van der Waals surface area contributed by atoms with E-state index in [9.17, 15) is 14.4 Å². The summed E-state index contributed by atoms with van der Waals surface area (Å²) in [6, 6.07) is 7.60. The van der Waals surface area contributed by atoms with E-state index in [0.717, 1.165) is 29.4 Å². The Bertz CT molecular complexity index is 732. The van der Waals surface area contributed by atoms with Crippen LogP contribution in [0.15, 0.2) is 62.2 Å². The number of hydrogen-bond acceptors (Lipinski definition) is 9. The third kappa shape index (κ3) is 9.85. The van der Waals surface area contributed by atoms with E-state index in [-0.39, 0.29) is 26.4 Å². The Kier molecular flexibility index (Phi) is 11.5. The lowest BCUT2D eigenvalue weighted by atomic mass is 9.92. The van der Waals surface area contributed by atoms with Gasteiger partial charge in [-0.25, -0.2) is 14.4 Å². The molecule has 0 aliphatic carbocycles. The molecule has 0 saturated heterocycles. The molecule has 0 bridgehead atoms.